The Bertz CT molecular complexity index is 648. The molecule has 1 aromatic rings. The first-order chi connectivity index (χ1) is 13.3. The molecule has 6 nitrogen and oxygen atoms in total. The normalized spacial score (nSPS) is 21.6. The van der Waals surface area contributed by atoms with E-state index in [2.05, 4.69) is 22.4 Å². The van der Waals surface area contributed by atoms with E-state index in [-0.39, 0.29) is 18.0 Å². The third-order valence-corrected chi connectivity index (χ3v) is 6.29. The van der Waals surface area contributed by atoms with E-state index in [4.69, 9.17) is 4.74 Å². The largest absolute Gasteiger partial charge is 0.444 e. The lowest BCUT2D eigenvalue weighted by Gasteiger charge is -2.41. The van der Waals surface area contributed by atoms with Gasteiger partial charge in [-0.3, -0.25) is 14.6 Å². The van der Waals surface area contributed by atoms with Crippen LogP contribution in [0.4, 0.5) is 4.79 Å². The van der Waals surface area contributed by atoms with Gasteiger partial charge in [-0.1, -0.05) is 6.07 Å². The molecule has 2 fully saturated rings. The number of carbonyl (C=O) groups excluding carboxylic acids is 2. The first kappa shape index (κ1) is 21.1. The molecule has 1 aromatic heterocycles. The minimum atomic E-state index is -0.545. The SMILES string of the molecule is CC(C)(C)OC(=O)N1CCCCC1C(=O)N1CCN(CCc2cccs2)CC1. The molecule has 156 valence electrons. The second-order valence-electron chi connectivity index (χ2n) is 8.68. The van der Waals surface area contributed by atoms with Gasteiger partial charge in [0.15, 0.2) is 0 Å². The maximum atomic E-state index is 13.1. The van der Waals surface area contributed by atoms with Crippen molar-refractivity contribution in [3.05, 3.63) is 22.4 Å². The number of rotatable bonds is 4. The van der Waals surface area contributed by atoms with Crippen LogP contribution in [0.25, 0.3) is 0 Å². The average Bonchev–Trinajstić information content (AvgIpc) is 3.18. The standard InChI is InChI=1S/C21H33N3O3S/c1-21(2,3)27-20(26)24-10-5-4-8-18(24)19(25)23-14-12-22(13-15-23)11-9-17-7-6-16-28-17/h6-7,16,18H,4-5,8-15H2,1-3H3. The fourth-order valence-corrected chi connectivity index (χ4v) is 4.55. The highest BCUT2D eigenvalue weighted by Crippen LogP contribution is 2.22. The Balaban J connectivity index is 1.51. The number of piperazine rings is 1. The molecule has 3 rings (SSSR count). The third kappa shape index (κ3) is 5.70. The second-order valence-corrected chi connectivity index (χ2v) is 9.71. The second kappa shape index (κ2) is 9.27. The summed E-state index contributed by atoms with van der Waals surface area (Å²) in [6, 6.07) is 3.90. The van der Waals surface area contributed by atoms with Crippen molar-refractivity contribution in [2.24, 2.45) is 0 Å². The summed E-state index contributed by atoms with van der Waals surface area (Å²) in [5, 5.41) is 2.12. The molecule has 1 unspecified atom stereocenters. The Kier molecular flexibility index (Phi) is 6.99. The minimum absolute atomic E-state index is 0.0865. The summed E-state index contributed by atoms with van der Waals surface area (Å²) in [7, 11) is 0. The molecule has 2 aliphatic heterocycles. The fraction of sp³-hybridized carbons (Fsp3) is 0.714. The van der Waals surface area contributed by atoms with Gasteiger partial charge in [0, 0.05) is 44.1 Å². The average molecular weight is 408 g/mol. The van der Waals surface area contributed by atoms with E-state index in [1.807, 2.05) is 25.7 Å². The maximum Gasteiger partial charge on any atom is 0.410 e. The summed E-state index contributed by atoms with van der Waals surface area (Å²) in [5.74, 6) is 0.0865. The van der Waals surface area contributed by atoms with Crippen LogP contribution in [0.3, 0.4) is 0 Å². The summed E-state index contributed by atoms with van der Waals surface area (Å²) in [6.45, 7) is 10.5. The first-order valence-corrected chi connectivity index (χ1v) is 11.2. The van der Waals surface area contributed by atoms with Crippen molar-refractivity contribution in [1.82, 2.24) is 14.7 Å². The lowest BCUT2D eigenvalue weighted by atomic mass is 10.0. The molecule has 0 aromatic carbocycles. The Hall–Kier alpha value is -1.60. The summed E-state index contributed by atoms with van der Waals surface area (Å²) >= 11 is 1.80. The Labute approximate surface area is 172 Å². The number of piperidine rings is 1. The molecule has 0 radical (unpaired) electrons. The van der Waals surface area contributed by atoms with Gasteiger partial charge in [-0.05, 0) is 57.9 Å². The molecular formula is C21H33N3O3S. The molecule has 28 heavy (non-hydrogen) atoms. The van der Waals surface area contributed by atoms with Crippen molar-refractivity contribution in [3.63, 3.8) is 0 Å². The summed E-state index contributed by atoms with van der Waals surface area (Å²) in [6.07, 6.45) is 3.35. The molecule has 3 heterocycles. The molecule has 0 saturated carbocycles. The van der Waals surface area contributed by atoms with Crippen molar-refractivity contribution in [3.8, 4) is 0 Å². The van der Waals surface area contributed by atoms with Gasteiger partial charge in [-0.25, -0.2) is 4.79 Å². The van der Waals surface area contributed by atoms with Gasteiger partial charge >= 0.3 is 6.09 Å². The number of hydrogen-bond acceptors (Lipinski definition) is 5. The van der Waals surface area contributed by atoms with Crippen LogP contribution < -0.4 is 0 Å². The highest BCUT2D eigenvalue weighted by atomic mass is 32.1. The van der Waals surface area contributed by atoms with E-state index in [9.17, 15) is 9.59 Å². The van der Waals surface area contributed by atoms with E-state index in [1.165, 1.54) is 4.88 Å². The van der Waals surface area contributed by atoms with Gasteiger partial charge in [0.05, 0.1) is 0 Å². The molecular weight excluding hydrogens is 374 g/mol. The molecule has 0 bridgehead atoms. The summed E-state index contributed by atoms with van der Waals surface area (Å²) in [5.41, 5.74) is -0.545. The van der Waals surface area contributed by atoms with Crippen molar-refractivity contribution in [2.45, 2.75) is 58.1 Å². The van der Waals surface area contributed by atoms with Crippen LogP contribution in [0.5, 0.6) is 0 Å². The number of likely N-dealkylation sites (tertiary alicyclic amines) is 1. The molecule has 0 aliphatic carbocycles. The first-order valence-electron chi connectivity index (χ1n) is 10.4. The van der Waals surface area contributed by atoms with E-state index >= 15 is 0 Å². The topological polar surface area (TPSA) is 53.1 Å². The minimum Gasteiger partial charge on any atom is -0.444 e. The third-order valence-electron chi connectivity index (χ3n) is 5.35. The lowest BCUT2D eigenvalue weighted by molar-refractivity contribution is -0.139. The van der Waals surface area contributed by atoms with Crippen LogP contribution in [-0.4, -0.2) is 77.6 Å². The number of nitrogens with zero attached hydrogens (tertiary/aromatic N) is 3. The predicted molar refractivity (Wildman–Crippen MR) is 112 cm³/mol. The number of ether oxygens (including phenoxy) is 1. The van der Waals surface area contributed by atoms with Crippen molar-refractivity contribution in [2.75, 3.05) is 39.3 Å². The smallest absolute Gasteiger partial charge is 0.410 e. The number of amides is 2. The highest BCUT2D eigenvalue weighted by molar-refractivity contribution is 7.09. The zero-order valence-electron chi connectivity index (χ0n) is 17.4. The van der Waals surface area contributed by atoms with Crippen LogP contribution in [0.1, 0.15) is 44.9 Å². The number of thiophene rings is 1. The predicted octanol–water partition coefficient (Wildman–Crippen LogP) is 3.22. The fourth-order valence-electron chi connectivity index (χ4n) is 3.85. The summed E-state index contributed by atoms with van der Waals surface area (Å²) in [4.78, 5) is 33.2. The summed E-state index contributed by atoms with van der Waals surface area (Å²) < 4.78 is 5.54. The molecule has 0 N–H and O–H groups in total. The Morgan fingerprint density at radius 2 is 1.89 bits per heavy atom. The van der Waals surface area contributed by atoms with Crippen LogP contribution in [0.15, 0.2) is 17.5 Å². The molecule has 2 saturated heterocycles. The Morgan fingerprint density at radius 1 is 1.14 bits per heavy atom. The van der Waals surface area contributed by atoms with E-state index in [0.29, 0.717) is 6.54 Å². The Morgan fingerprint density at radius 3 is 2.54 bits per heavy atom. The maximum absolute atomic E-state index is 13.1. The van der Waals surface area contributed by atoms with Crippen LogP contribution in [0.2, 0.25) is 0 Å². The van der Waals surface area contributed by atoms with Gasteiger partial charge < -0.3 is 9.64 Å². The van der Waals surface area contributed by atoms with Crippen molar-refractivity contribution < 1.29 is 14.3 Å². The van der Waals surface area contributed by atoms with E-state index < -0.39 is 5.60 Å². The van der Waals surface area contributed by atoms with E-state index in [0.717, 1.165) is 58.4 Å². The van der Waals surface area contributed by atoms with Crippen LogP contribution in [0, 0.1) is 0 Å². The molecule has 1 atom stereocenters. The molecule has 2 amide bonds. The zero-order chi connectivity index (χ0) is 20.1. The number of hydrogen-bond donors (Lipinski definition) is 0. The van der Waals surface area contributed by atoms with Crippen molar-refractivity contribution >= 4 is 23.3 Å². The lowest BCUT2D eigenvalue weighted by Crippen LogP contribution is -2.57. The van der Waals surface area contributed by atoms with Crippen LogP contribution in [-0.2, 0) is 16.0 Å². The van der Waals surface area contributed by atoms with Gasteiger partial charge in [0.1, 0.15) is 11.6 Å². The monoisotopic (exact) mass is 407 g/mol. The molecule has 0 spiro atoms. The van der Waals surface area contributed by atoms with E-state index in [1.54, 1.807) is 16.2 Å². The van der Waals surface area contributed by atoms with Crippen LogP contribution >= 0.6 is 11.3 Å². The molecule has 2 aliphatic rings. The quantitative estimate of drug-likeness (QED) is 0.769. The zero-order valence-corrected chi connectivity index (χ0v) is 18.2. The van der Waals surface area contributed by atoms with Gasteiger partial charge in [0.2, 0.25) is 5.91 Å². The number of carbonyl (C=O) groups is 2. The highest BCUT2D eigenvalue weighted by Gasteiger charge is 2.37. The molecule has 7 heteroatoms. The van der Waals surface area contributed by atoms with Gasteiger partial charge in [-0.15, -0.1) is 11.3 Å². The van der Waals surface area contributed by atoms with Crippen molar-refractivity contribution in [1.29, 1.82) is 0 Å². The van der Waals surface area contributed by atoms with Gasteiger partial charge in [0.25, 0.3) is 0 Å². The van der Waals surface area contributed by atoms with Gasteiger partial charge in [-0.2, -0.15) is 0 Å².